The minimum atomic E-state index is -3.53. The van der Waals surface area contributed by atoms with E-state index in [1.54, 1.807) is 37.9 Å². The molecule has 0 spiro atoms. The highest BCUT2D eigenvalue weighted by molar-refractivity contribution is 7.89. The summed E-state index contributed by atoms with van der Waals surface area (Å²) in [5.41, 5.74) is 0. The zero-order valence-corrected chi connectivity index (χ0v) is 12.8. The summed E-state index contributed by atoms with van der Waals surface area (Å²) < 4.78 is 29.0. The minimum absolute atomic E-state index is 0.337. The zero-order chi connectivity index (χ0) is 14.2. The predicted octanol–water partition coefficient (Wildman–Crippen LogP) is 1.53. The van der Waals surface area contributed by atoms with Gasteiger partial charge in [0.25, 0.3) is 0 Å². The quantitative estimate of drug-likeness (QED) is 0.929. The second kappa shape index (κ2) is 5.03. The van der Waals surface area contributed by atoms with E-state index in [0.717, 1.165) is 9.75 Å². The van der Waals surface area contributed by atoms with E-state index in [-0.39, 0.29) is 0 Å². The molecule has 2 aromatic heterocycles. The van der Waals surface area contributed by atoms with Crippen LogP contribution in [0.15, 0.2) is 17.3 Å². The lowest BCUT2D eigenvalue weighted by Gasteiger charge is -2.13. The normalized spacial score (nSPS) is 13.7. The molecule has 0 amide bonds. The van der Waals surface area contributed by atoms with Crippen molar-refractivity contribution in [2.75, 3.05) is 0 Å². The van der Waals surface area contributed by atoms with E-state index in [0.29, 0.717) is 10.7 Å². The average Bonchev–Trinajstić information content (AvgIpc) is 2.84. The first kappa shape index (κ1) is 14.2. The van der Waals surface area contributed by atoms with Gasteiger partial charge in [0.1, 0.15) is 12.2 Å². The minimum Gasteiger partial charge on any atom is -0.319 e. The largest absolute Gasteiger partial charge is 0.319 e. The Morgan fingerprint density at radius 2 is 2.11 bits per heavy atom. The van der Waals surface area contributed by atoms with Gasteiger partial charge in [0.05, 0.1) is 10.9 Å². The van der Waals surface area contributed by atoms with Gasteiger partial charge in [0.15, 0.2) is 0 Å². The van der Waals surface area contributed by atoms with Crippen molar-refractivity contribution < 1.29 is 8.42 Å². The van der Waals surface area contributed by atoms with Crippen molar-refractivity contribution in [2.24, 2.45) is 7.05 Å². The summed E-state index contributed by atoms with van der Waals surface area (Å²) in [6.07, 6.45) is 1.54. The first-order valence-electron chi connectivity index (χ1n) is 5.74. The molecule has 1 N–H and O–H groups in total. The lowest BCUT2D eigenvalue weighted by atomic mass is 10.3. The van der Waals surface area contributed by atoms with Crippen LogP contribution in [0.1, 0.15) is 28.5 Å². The molecule has 0 fully saturated rings. The molecule has 0 aliphatic rings. The third-order valence-electron chi connectivity index (χ3n) is 2.75. The summed E-state index contributed by atoms with van der Waals surface area (Å²) in [6, 6.07) is 1.25. The molecule has 6 nitrogen and oxygen atoms in total. The Kier molecular flexibility index (Phi) is 3.75. The molecule has 0 bridgehead atoms. The van der Waals surface area contributed by atoms with Gasteiger partial charge in [-0.3, -0.25) is 0 Å². The van der Waals surface area contributed by atoms with Crippen LogP contribution in [0.25, 0.3) is 0 Å². The van der Waals surface area contributed by atoms with Crippen molar-refractivity contribution in [2.45, 2.75) is 31.7 Å². The van der Waals surface area contributed by atoms with E-state index in [1.807, 2.05) is 6.92 Å². The van der Waals surface area contributed by atoms with Crippen LogP contribution >= 0.6 is 11.3 Å². The third-order valence-corrected chi connectivity index (χ3v) is 5.51. The maximum atomic E-state index is 12.3. The highest BCUT2D eigenvalue weighted by Crippen LogP contribution is 2.26. The van der Waals surface area contributed by atoms with Gasteiger partial charge in [-0.05, 0) is 26.8 Å². The van der Waals surface area contributed by atoms with Crippen molar-refractivity contribution in [3.63, 3.8) is 0 Å². The monoisotopic (exact) mass is 300 g/mol. The van der Waals surface area contributed by atoms with Gasteiger partial charge in [-0.1, -0.05) is 0 Å². The van der Waals surface area contributed by atoms with E-state index in [4.69, 9.17) is 0 Å². The number of sulfonamides is 1. The Labute approximate surface area is 116 Å². The van der Waals surface area contributed by atoms with Crippen LogP contribution in [0.3, 0.4) is 0 Å². The molecule has 0 saturated heterocycles. The number of aryl methyl sites for hydroxylation is 3. The second-order valence-corrected chi connectivity index (χ2v) is 7.56. The Morgan fingerprint density at radius 1 is 1.42 bits per heavy atom. The molecule has 19 heavy (non-hydrogen) atoms. The fourth-order valence-corrected chi connectivity index (χ4v) is 4.66. The zero-order valence-electron chi connectivity index (χ0n) is 11.2. The van der Waals surface area contributed by atoms with Gasteiger partial charge < -0.3 is 4.57 Å². The number of nitrogens with one attached hydrogen (secondary N) is 1. The van der Waals surface area contributed by atoms with Crippen molar-refractivity contribution >= 4 is 21.4 Å². The van der Waals surface area contributed by atoms with E-state index in [2.05, 4.69) is 14.9 Å². The molecule has 0 aliphatic carbocycles. The lowest BCUT2D eigenvalue weighted by molar-refractivity contribution is 0.553. The first-order valence-corrected chi connectivity index (χ1v) is 8.04. The number of aromatic nitrogens is 3. The molecule has 0 saturated carbocycles. The average molecular weight is 300 g/mol. The molecule has 1 atom stereocenters. The molecule has 0 aromatic carbocycles. The molecule has 8 heteroatoms. The van der Waals surface area contributed by atoms with E-state index in [9.17, 15) is 8.42 Å². The molecule has 2 heterocycles. The van der Waals surface area contributed by atoms with E-state index >= 15 is 0 Å². The smallest absolute Gasteiger partial charge is 0.242 e. The van der Waals surface area contributed by atoms with Crippen LogP contribution in [-0.4, -0.2) is 23.2 Å². The van der Waals surface area contributed by atoms with E-state index < -0.39 is 16.1 Å². The lowest BCUT2D eigenvalue weighted by Crippen LogP contribution is -2.28. The molecule has 1 unspecified atom stereocenters. The molecule has 2 rings (SSSR count). The summed E-state index contributed by atoms with van der Waals surface area (Å²) in [4.78, 5) is 2.10. The van der Waals surface area contributed by atoms with Crippen LogP contribution in [-0.2, 0) is 17.1 Å². The van der Waals surface area contributed by atoms with E-state index in [1.165, 1.54) is 11.3 Å². The molecular weight excluding hydrogens is 284 g/mol. The fourth-order valence-electron chi connectivity index (χ4n) is 1.91. The second-order valence-electron chi connectivity index (χ2n) is 4.42. The highest BCUT2D eigenvalue weighted by Gasteiger charge is 2.23. The van der Waals surface area contributed by atoms with Crippen molar-refractivity contribution in [1.29, 1.82) is 0 Å². The number of nitrogens with zero attached hydrogens (tertiary/aromatic N) is 3. The van der Waals surface area contributed by atoms with Gasteiger partial charge in [0, 0.05) is 16.8 Å². The van der Waals surface area contributed by atoms with Crippen LogP contribution in [0.2, 0.25) is 0 Å². The van der Waals surface area contributed by atoms with Crippen LogP contribution in [0.4, 0.5) is 0 Å². The molecular formula is C11H16N4O2S2. The summed E-state index contributed by atoms with van der Waals surface area (Å²) in [6.45, 7) is 5.44. The Bertz CT molecular complexity index is 687. The van der Waals surface area contributed by atoms with Crippen molar-refractivity contribution in [3.8, 4) is 0 Å². The number of rotatable bonds is 4. The fraction of sp³-hybridized carbons (Fsp3) is 0.455. The van der Waals surface area contributed by atoms with Gasteiger partial charge in [-0.2, -0.15) is 0 Å². The van der Waals surface area contributed by atoms with Crippen LogP contribution in [0.5, 0.6) is 0 Å². The van der Waals surface area contributed by atoms with Gasteiger partial charge in [0.2, 0.25) is 10.0 Å². The predicted molar refractivity (Wildman–Crippen MR) is 73.5 cm³/mol. The van der Waals surface area contributed by atoms with Crippen molar-refractivity contribution in [1.82, 2.24) is 19.5 Å². The van der Waals surface area contributed by atoms with Crippen LogP contribution < -0.4 is 4.72 Å². The molecule has 0 radical (unpaired) electrons. The SMILES string of the molecule is Cc1cc(S(=O)(=O)NC(C)c2nncn2C)c(C)s1. The van der Waals surface area contributed by atoms with Crippen molar-refractivity contribution in [3.05, 3.63) is 28.0 Å². The van der Waals surface area contributed by atoms with Gasteiger partial charge in [-0.25, -0.2) is 13.1 Å². The highest BCUT2D eigenvalue weighted by atomic mass is 32.2. The maximum Gasteiger partial charge on any atom is 0.242 e. The standard InChI is InChI=1S/C11H16N4O2S2/c1-7-5-10(9(3)18-7)19(16,17)14-8(2)11-13-12-6-15(11)4/h5-6,8,14H,1-4H3. The first-order chi connectivity index (χ1) is 8.81. The number of hydrogen-bond donors (Lipinski definition) is 1. The number of thiophene rings is 1. The Hall–Kier alpha value is -1.25. The Balaban J connectivity index is 2.28. The summed E-state index contributed by atoms with van der Waals surface area (Å²) in [5.74, 6) is 0.577. The molecule has 0 aliphatic heterocycles. The summed E-state index contributed by atoms with van der Waals surface area (Å²) in [5, 5.41) is 7.66. The molecule has 2 aromatic rings. The van der Waals surface area contributed by atoms with Gasteiger partial charge in [-0.15, -0.1) is 21.5 Å². The topological polar surface area (TPSA) is 76.9 Å². The maximum absolute atomic E-state index is 12.3. The summed E-state index contributed by atoms with van der Waals surface area (Å²) >= 11 is 1.47. The third kappa shape index (κ3) is 2.85. The Morgan fingerprint density at radius 3 is 2.58 bits per heavy atom. The number of hydrogen-bond acceptors (Lipinski definition) is 5. The van der Waals surface area contributed by atoms with Gasteiger partial charge >= 0.3 is 0 Å². The molecule has 104 valence electrons. The van der Waals surface area contributed by atoms with Crippen LogP contribution in [0, 0.1) is 13.8 Å². The summed E-state index contributed by atoms with van der Waals surface area (Å²) in [7, 11) is -1.75.